The fraction of sp³-hybridized carbons (Fsp3) is 0.579. The van der Waals surface area contributed by atoms with Crippen molar-refractivity contribution in [3.05, 3.63) is 28.1 Å². The molecule has 1 heterocycles. The minimum atomic E-state index is 0.828. The first-order valence-electron chi connectivity index (χ1n) is 8.76. The molecule has 0 aliphatic carbocycles. The highest BCUT2D eigenvalue weighted by Gasteiger charge is 2.06. The Balaban J connectivity index is 1.54. The number of halogens is 1. The lowest BCUT2D eigenvalue weighted by atomic mass is 10.1. The van der Waals surface area contributed by atoms with Gasteiger partial charge in [0.15, 0.2) is 0 Å². The lowest BCUT2D eigenvalue weighted by Gasteiger charge is -2.08. The highest BCUT2D eigenvalue weighted by Crippen LogP contribution is 2.35. The molecule has 0 aliphatic rings. The van der Waals surface area contributed by atoms with Gasteiger partial charge < -0.3 is 10.1 Å². The SMILES string of the molecule is CNCCCCCCCCCCOc1ccc(Br)c2sccc12. The van der Waals surface area contributed by atoms with Gasteiger partial charge in [0.1, 0.15) is 5.75 Å². The van der Waals surface area contributed by atoms with E-state index < -0.39 is 0 Å². The van der Waals surface area contributed by atoms with Gasteiger partial charge in [-0.15, -0.1) is 11.3 Å². The van der Waals surface area contributed by atoms with Crippen LogP contribution in [0, 0.1) is 0 Å². The fourth-order valence-corrected chi connectivity index (χ4v) is 4.22. The van der Waals surface area contributed by atoms with Crippen LogP contribution in [0.3, 0.4) is 0 Å². The Morgan fingerprint density at radius 1 is 0.957 bits per heavy atom. The first-order chi connectivity index (χ1) is 11.3. The highest BCUT2D eigenvalue weighted by molar-refractivity contribution is 9.10. The number of rotatable bonds is 12. The summed E-state index contributed by atoms with van der Waals surface area (Å²) < 4.78 is 8.42. The summed E-state index contributed by atoms with van der Waals surface area (Å²) in [5, 5.41) is 6.55. The number of hydrogen-bond acceptors (Lipinski definition) is 3. The standard InChI is InChI=1S/C19H28BrNOS/c1-21-13-8-6-4-2-3-5-7-9-14-22-18-11-10-17(20)19-16(18)12-15-23-19/h10-12,15,21H,2-9,13-14H2,1H3. The molecule has 2 aromatic rings. The van der Waals surface area contributed by atoms with Crippen LogP contribution in [0.5, 0.6) is 5.75 Å². The van der Waals surface area contributed by atoms with Crippen molar-refractivity contribution in [1.82, 2.24) is 5.32 Å². The van der Waals surface area contributed by atoms with Crippen molar-refractivity contribution in [2.45, 2.75) is 51.4 Å². The monoisotopic (exact) mass is 397 g/mol. The van der Waals surface area contributed by atoms with Gasteiger partial charge in [-0.1, -0.05) is 38.5 Å². The summed E-state index contributed by atoms with van der Waals surface area (Å²) in [5.74, 6) is 1.02. The van der Waals surface area contributed by atoms with E-state index in [0.717, 1.165) is 29.8 Å². The summed E-state index contributed by atoms with van der Waals surface area (Å²) in [5.41, 5.74) is 0. The van der Waals surface area contributed by atoms with E-state index in [9.17, 15) is 0 Å². The van der Waals surface area contributed by atoms with Crippen LogP contribution in [0.4, 0.5) is 0 Å². The number of hydrogen-bond donors (Lipinski definition) is 1. The van der Waals surface area contributed by atoms with Gasteiger partial charge in [0.25, 0.3) is 0 Å². The molecule has 23 heavy (non-hydrogen) atoms. The summed E-state index contributed by atoms with van der Waals surface area (Å²) in [7, 11) is 2.03. The van der Waals surface area contributed by atoms with Crippen molar-refractivity contribution in [1.29, 1.82) is 0 Å². The normalized spacial score (nSPS) is 11.2. The molecule has 128 valence electrons. The molecule has 0 aliphatic heterocycles. The van der Waals surface area contributed by atoms with Crippen LogP contribution in [0.15, 0.2) is 28.1 Å². The largest absolute Gasteiger partial charge is 0.493 e. The Labute approximate surface area is 152 Å². The summed E-state index contributed by atoms with van der Waals surface area (Å²) >= 11 is 5.36. The van der Waals surface area contributed by atoms with Crippen molar-refractivity contribution in [3.63, 3.8) is 0 Å². The molecule has 2 nitrogen and oxygen atoms in total. The van der Waals surface area contributed by atoms with Crippen molar-refractivity contribution < 1.29 is 4.74 Å². The first-order valence-corrected chi connectivity index (χ1v) is 10.4. The molecule has 1 aromatic carbocycles. The Morgan fingerprint density at radius 3 is 2.39 bits per heavy atom. The molecule has 0 amide bonds. The van der Waals surface area contributed by atoms with E-state index in [-0.39, 0.29) is 0 Å². The zero-order valence-corrected chi connectivity index (χ0v) is 16.5. The minimum Gasteiger partial charge on any atom is -0.493 e. The average Bonchev–Trinajstić information content (AvgIpc) is 3.05. The van der Waals surface area contributed by atoms with Gasteiger partial charge in [-0.25, -0.2) is 0 Å². The quantitative estimate of drug-likeness (QED) is 0.419. The second-order valence-electron chi connectivity index (χ2n) is 5.99. The van der Waals surface area contributed by atoms with Crippen LogP contribution in [-0.4, -0.2) is 20.2 Å². The van der Waals surface area contributed by atoms with Gasteiger partial charge in [-0.2, -0.15) is 0 Å². The fourth-order valence-electron chi connectivity index (χ4n) is 2.78. The molecule has 2 rings (SSSR count). The Hall–Kier alpha value is -0.580. The third-order valence-electron chi connectivity index (χ3n) is 4.11. The van der Waals surface area contributed by atoms with Gasteiger partial charge in [0.2, 0.25) is 0 Å². The zero-order chi connectivity index (χ0) is 16.3. The molecular formula is C19H28BrNOS. The lowest BCUT2D eigenvalue weighted by molar-refractivity contribution is 0.307. The second-order valence-corrected chi connectivity index (χ2v) is 7.76. The topological polar surface area (TPSA) is 21.3 Å². The Kier molecular flexibility index (Phi) is 9.02. The summed E-state index contributed by atoms with van der Waals surface area (Å²) in [6.45, 7) is 1.99. The molecule has 0 radical (unpaired) electrons. The van der Waals surface area contributed by atoms with E-state index >= 15 is 0 Å². The van der Waals surface area contributed by atoms with Crippen molar-refractivity contribution >= 4 is 37.4 Å². The number of unbranched alkanes of at least 4 members (excludes halogenated alkanes) is 7. The predicted octanol–water partition coefficient (Wildman–Crippen LogP) is 6.38. The molecular weight excluding hydrogens is 370 g/mol. The number of fused-ring (bicyclic) bond motifs is 1. The average molecular weight is 398 g/mol. The third-order valence-corrected chi connectivity index (χ3v) is 5.98. The molecule has 1 N–H and O–H groups in total. The van der Waals surface area contributed by atoms with Crippen molar-refractivity contribution in [2.75, 3.05) is 20.2 Å². The highest BCUT2D eigenvalue weighted by atomic mass is 79.9. The van der Waals surface area contributed by atoms with E-state index in [1.807, 2.05) is 7.05 Å². The molecule has 0 saturated heterocycles. The molecule has 0 unspecified atom stereocenters. The first kappa shape index (κ1) is 18.8. The maximum atomic E-state index is 5.98. The lowest BCUT2D eigenvalue weighted by Crippen LogP contribution is -2.06. The van der Waals surface area contributed by atoms with E-state index in [0.29, 0.717) is 0 Å². The summed E-state index contributed by atoms with van der Waals surface area (Å²) in [6, 6.07) is 6.31. The van der Waals surface area contributed by atoms with Crippen LogP contribution >= 0.6 is 27.3 Å². The molecule has 0 spiro atoms. The molecule has 1 aromatic heterocycles. The van der Waals surface area contributed by atoms with E-state index in [1.165, 1.54) is 55.0 Å². The van der Waals surface area contributed by atoms with Crippen LogP contribution in [0.2, 0.25) is 0 Å². The second kappa shape index (κ2) is 11.1. The molecule has 0 bridgehead atoms. The van der Waals surface area contributed by atoms with E-state index in [2.05, 4.69) is 44.8 Å². The van der Waals surface area contributed by atoms with Gasteiger partial charge in [-0.3, -0.25) is 0 Å². The van der Waals surface area contributed by atoms with Gasteiger partial charge >= 0.3 is 0 Å². The van der Waals surface area contributed by atoms with Gasteiger partial charge in [0.05, 0.1) is 11.3 Å². The summed E-state index contributed by atoms with van der Waals surface area (Å²) in [6.07, 6.45) is 10.6. The van der Waals surface area contributed by atoms with Gasteiger partial charge in [-0.05, 0) is 65.9 Å². The zero-order valence-electron chi connectivity index (χ0n) is 14.1. The van der Waals surface area contributed by atoms with E-state index in [4.69, 9.17) is 4.74 Å². The van der Waals surface area contributed by atoms with Crippen molar-refractivity contribution in [3.8, 4) is 5.75 Å². The Bertz CT molecular complexity index is 569. The van der Waals surface area contributed by atoms with Gasteiger partial charge in [0, 0.05) is 9.86 Å². The van der Waals surface area contributed by atoms with Crippen LogP contribution in [-0.2, 0) is 0 Å². The molecule has 0 saturated carbocycles. The predicted molar refractivity (Wildman–Crippen MR) is 106 cm³/mol. The number of ether oxygens (including phenoxy) is 1. The molecule has 4 heteroatoms. The van der Waals surface area contributed by atoms with E-state index in [1.54, 1.807) is 11.3 Å². The van der Waals surface area contributed by atoms with Crippen LogP contribution in [0.1, 0.15) is 51.4 Å². The smallest absolute Gasteiger partial charge is 0.128 e. The molecule has 0 fully saturated rings. The third kappa shape index (κ3) is 6.44. The maximum absolute atomic E-state index is 5.98. The number of thiophene rings is 1. The number of benzene rings is 1. The van der Waals surface area contributed by atoms with Crippen LogP contribution in [0.25, 0.3) is 10.1 Å². The Morgan fingerprint density at radius 2 is 1.65 bits per heavy atom. The number of nitrogens with one attached hydrogen (secondary N) is 1. The molecule has 0 atom stereocenters. The summed E-state index contributed by atoms with van der Waals surface area (Å²) in [4.78, 5) is 0. The van der Waals surface area contributed by atoms with Crippen molar-refractivity contribution in [2.24, 2.45) is 0 Å². The maximum Gasteiger partial charge on any atom is 0.128 e. The van der Waals surface area contributed by atoms with Crippen LogP contribution < -0.4 is 10.1 Å². The minimum absolute atomic E-state index is 0.828.